The van der Waals surface area contributed by atoms with Gasteiger partial charge in [-0.2, -0.15) is 0 Å². The Balaban J connectivity index is 2.24. The van der Waals surface area contributed by atoms with E-state index in [-0.39, 0.29) is 5.56 Å². The first-order valence-corrected chi connectivity index (χ1v) is 5.81. The molecule has 0 atom stereocenters. The summed E-state index contributed by atoms with van der Waals surface area (Å²) in [5.74, 6) is 0. The van der Waals surface area contributed by atoms with E-state index >= 15 is 0 Å². The van der Waals surface area contributed by atoms with E-state index in [1.807, 2.05) is 22.9 Å². The summed E-state index contributed by atoms with van der Waals surface area (Å²) < 4.78 is 1.86. The molecule has 1 aromatic rings. The number of likely N-dealkylation sites (tertiary alicyclic amines) is 1. The van der Waals surface area contributed by atoms with Gasteiger partial charge in [-0.1, -0.05) is 6.07 Å². The molecule has 1 fully saturated rings. The molecule has 4 nitrogen and oxygen atoms in total. The average molecular weight is 221 g/mol. The molecule has 1 aliphatic heterocycles. The molecule has 4 heteroatoms. The van der Waals surface area contributed by atoms with E-state index in [2.05, 4.69) is 11.9 Å². The summed E-state index contributed by atoms with van der Waals surface area (Å²) in [5.41, 5.74) is 6.34. The van der Waals surface area contributed by atoms with E-state index in [4.69, 9.17) is 5.73 Å². The molecule has 0 aromatic carbocycles. The SMILES string of the molecule is CN1CCC(n2cccc(CN)c2=O)CC1. The van der Waals surface area contributed by atoms with Gasteiger partial charge < -0.3 is 15.2 Å². The molecule has 0 aliphatic carbocycles. The van der Waals surface area contributed by atoms with E-state index in [9.17, 15) is 4.79 Å². The van der Waals surface area contributed by atoms with Crippen molar-refractivity contribution in [1.29, 1.82) is 0 Å². The van der Waals surface area contributed by atoms with Gasteiger partial charge in [0, 0.05) is 24.3 Å². The quantitative estimate of drug-likeness (QED) is 0.794. The average Bonchev–Trinajstić information content (AvgIpc) is 2.31. The molecule has 1 aromatic heterocycles. The van der Waals surface area contributed by atoms with Crippen molar-refractivity contribution in [3.8, 4) is 0 Å². The lowest BCUT2D eigenvalue weighted by atomic mass is 10.0. The lowest BCUT2D eigenvalue weighted by molar-refractivity contribution is 0.218. The van der Waals surface area contributed by atoms with E-state index in [1.165, 1.54) is 0 Å². The number of piperidine rings is 1. The standard InChI is InChI=1S/C12H19N3O/c1-14-7-4-11(5-8-14)15-6-2-3-10(9-13)12(15)16/h2-3,6,11H,4-5,7-9,13H2,1H3. The number of pyridine rings is 1. The highest BCUT2D eigenvalue weighted by Gasteiger charge is 2.19. The van der Waals surface area contributed by atoms with Crippen LogP contribution in [0.1, 0.15) is 24.4 Å². The molecule has 0 unspecified atom stereocenters. The highest BCUT2D eigenvalue weighted by molar-refractivity contribution is 5.10. The second-order valence-electron chi connectivity index (χ2n) is 4.48. The fraction of sp³-hybridized carbons (Fsp3) is 0.583. The van der Waals surface area contributed by atoms with Gasteiger partial charge in [-0.15, -0.1) is 0 Å². The van der Waals surface area contributed by atoms with E-state index in [1.54, 1.807) is 0 Å². The summed E-state index contributed by atoms with van der Waals surface area (Å²) in [6.45, 7) is 2.44. The van der Waals surface area contributed by atoms with Crippen LogP contribution in [-0.2, 0) is 6.54 Å². The van der Waals surface area contributed by atoms with Crippen LogP contribution in [-0.4, -0.2) is 29.6 Å². The van der Waals surface area contributed by atoms with Crippen LogP contribution in [0.5, 0.6) is 0 Å². The van der Waals surface area contributed by atoms with Gasteiger partial charge in [0.2, 0.25) is 0 Å². The third-order valence-corrected chi connectivity index (χ3v) is 3.35. The first-order valence-electron chi connectivity index (χ1n) is 5.81. The van der Waals surface area contributed by atoms with Crippen LogP contribution in [0.3, 0.4) is 0 Å². The van der Waals surface area contributed by atoms with Crippen molar-refractivity contribution < 1.29 is 0 Å². The van der Waals surface area contributed by atoms with Gasteiger partial charge in [0.1, 0.15) is 0 Å². The van der Waals surface area contributed by atoms with Crippen LogP contribution in [0.15, 0.2) is 23.1 Å². The zero-order valence-electron chi connectivity index (χ0n) is 9.72. The summed E-state index contributed by atoms with van der Waals surface area (Å²) in [4.78, 5) is 14.4. The minimum absolute atomic E-state index is 0.0829. The van der Waals surface area contributed by atoms with Crippen LogP contribution >= 0.6 is 0 Å². The lowest BCUT2D eigenvalue weighted by Crippen LogP contribution is -2.36. The van der Waals surface area contributed by atoms with Crippen molar-refractivity contribution in [2.24, 2.45) is 5.73 Å². The summed E-state index contributed by atoms with van der Waals surface area (Å²) in [5, 5.41) is 0. The normalized spacial score (nSPS) is 18.9. The molecular weight excluding hydrogens is 202 g/mol. The molecule has 0 amide bonds. The Hall–Kier alpha value is -1.13. The topological polar surface area (TPSA) is 51.3 Å². The van der Waals surface area contributed by atoms with E-state index < -0.39 is 0 Å². The molecule has 2 N–H and O–H groups in total. The third-order valence-electron chi connectivity index (χ3n) is 3.35. The van der Waals surface area contributed by atoms with Crippen molar-refractivity contribution in [2.75, 3.05) is 20.1 Å². The molecule has 0 saturated carbocycles. The molecule has 2 heterocycles. The van der Waals surface area contributed by atoms with Crippen molar-refractivity contribution in [3.05, 3.63) is 34.2 Å². The monoisotopic (exact) mass is 221 g/mol. The number of nitrogens with two attached hydrogens (primary N) is 1. The largest absolute Gasteiger partial charge is 0.326 e. The molecule has 0 bridgehead atoms. The summed E-state index contributed by atoms with van der Waals surface area (Å²) in [6, 6.07) is 4.07. The van der Waals surface area contributed by atoms with Gasteiger partial charge in [-0.25, -0.2) is 0 Å². The smallest absolute Gasteiger partial charge is 0.255 e. The van der Waals surface area contributed by atoms with Gasteiger partial charge in [0.15, 0.2) is 0 Å². The fourth-order valence-electron chi connectivity index (χ4n) is 2.27. The number of rotatable bonds is 2. The van der Waals surface area contributed by atoms with Crippen LogP contribution in [0.4, 0.5) is 0 Å². The van der Waals surface area contributed by atoms with Gasteiger partial charge in [0.05, 0.1) is 0 Å². The van der Waals surface area contributed by atoms with Crippen LogP contribution < -0.4 is 11.3 Å². The first-order chi connectivity index (χ1) is 7.72. The molecular formula is C12H19N3O. The maximum atomic E-state index is 12.1. The second kappa shape index (κ2) is 4.80. The summed E-state index contributed by atoms with van der Waals surface area (Å²) >= 11 is 0. The van der Waals surface area contributed by atoms with Crippen LogP contribution in [0, 0.1) is 0 Å². The summed E-state index contributed by atoms with van der Waals surface area (Å²) in [6.07, 6.45) is 3.98. The Morgan fingerprint density at radius 2 is 2.12 bits per heavy atom. The Bertz CT molecular complexity index is 405. The second-order valence-corrected chi connectivity index (χ2v) is 4.48. The van der Waals surface area contributed by atoms with E-state index in [0.717, 1.165) is 25.9 Å². The summed E-state index contributed by atoms with van der Waals surface area (Å²) in [7, 11) is 2.12. The molecule has 0 radical (unpaired) electrons. The van der Waals surface area contributed by atoms with Gasteiger partial charge in [-0.05, 0) is 39.0 Å². The van der Waals surface area contributed by atoms with Crippen molar-refractivity contribution >= 4 is 0 Å². The van der Waals surface area contributed by atoms with Crippen molar-refractivity contribution in [2.45, 2.75) is 25.4 Å². The predicted octanol–water partition coefficient (Wildman–Crippen LogP) is 0.574. The maximum Gasteiger partial charge on any atom is 0.255 e. The maximum absolute atomic E-state index is 12.1. The lowest BCUT2D eigenvalue weighted by Gasteiger charge is -2.30. The van der Waals surface area contributed by atoms with Gasteiger partial charge in [-0.3, -0.25) is 4.79 Å². The Kier molecular flexibility index (Phi) is 3.41. The Morgan fingerprint density at radius 1 is 1.44 bits per heavy atom. The van der Waals surface area contributed by atoms with E-state index in [0.29, 0.717) is 18.2 Å². The fourth-order valence-corrected chi connectivity index (χ4v) is 2.27. The zero-order valence-corrected chi connectivity index (χ0v) is 9.72. The van der Waals surface area contributed by atoms with Crippen molar-refractivity contribution in [3.63, 3.8) is 0 Å². The number of hydrogen-bond donors (Lipinski definition) is 1. The van der Waals surface area contributed by atoms with Gasteiger partial charge in [0.25, 0.3) is 5.56 Å². The molecule has 1 saturated heterocycles. The van der Waals surface area contributed by atoms with Crippen molar-refractivity contribution in [1.82, 2.24) is 9.47 Å². The number of aromatic nitrogens is 1. The highest BCUT2D eigenvalue weighted by Crippen LogP contribution is 2.19. The molecule has 2 rings (SSSR count). The molecule has 16 heavy (non-hydrogen) atoms. The van der Waals surface area contributed by atoms with Crippen LogP contribution in [0.2, 0.25) is 0 Å². The Morgan fingerprint density at radius 3 is 2.75 bits per heavy atom. The Labute approximate surface area is 95.7 Å². The zero-order chi connectivity index (χ0) is 11.5. The molecule has 0 spiro atoms. The third kappa shape index (κ3) is 2.18. The molecule has 1 aliphatic rings. The first kappa shape index (κ1) is 11.4. The predicted molar refractivity (Wildman–Crippen MR) is 64.4 cm³/mol. The minimum atomic E-state index is 0.0829. The van der Waals surface area contributed by atoms with Crippen LogP contribution in [0.25, 0.3) is 0 Å². The number of nitrogens with zero attached hydrogens (tertiary/aromatic N) is 2. The minimum Gasteiger partial charge on any atom is -0.326 e. The highest BCUT2D eigenvalue weighted by atomic mass is 16.1. The molecule has 88 valence electrons. The number of hydrogen-bond acceptors (Lipinski definition) is 3. The van der Waals surface area contributed by atoms with Gasteiger partial charge >= 0.3 is 0 Å².